The Morgan fingerprint density at radius 1 is 1.00 bits per heavy atom. The molecule has 1 N–H and O–H groups in total. The van der Waals surface area contributed by atoms with E-state index in [1.165, 1.54) is 52.8 Å². The highest BCUT2D eigenvalue weighted by molar-refractivity contribution is 5.29. The number of tetrazole rings is 1. The Morgan fingerprint density at radius 2 is 1.75 bits per heavy atom. The first-order valence-corrected chi connectivity index (χ1v) is 10.6. The molecule has 0 amide bonds. The zero-order valence-electron chi connectivity index (χ0n) is 16.5. The predicted molar refractivity (Wildman–Crippen MR) is 108 cm³/mol. The number of rotatable bonds is 4. The van der Waals surface area contributed by atoms with Gasteiger partial charge in [-0.2, -0.15) is 0 Å². The summed E-state index contributed by atoms with van der Waals surface area (Å²) >= 11 is 0. The highest BCUT2D eigenvalue weighted by atomic mass is 15.6. The number of fused-ring (bicyclic) bond motifs is 1. The predicted octanol–water partition coefficient (Wildman–Crippen LogP) is 2.83. The minimum Gasteiger partial charge on any atom is -0.318 e. The Morgan fingerprint density at radius 3 is 2.54 bits per heavy atom. The Kier molecular flexibility index (Phi) is 4.69. The van der Waals surface area contributed by atoms with Gasteiger partial charge in [0, 0.05) is 17.5 Å². The highest BCUT2D eigenvalue weighted by Gasteiger charge is 2.35. The zero-order chi connectivity index (χ0) is 18.9. The molecule has 1 fully saturated rings. The molecule has 1 saturated carbocycles. The van der Waals surface area contributed by atoms with Gasteiger partial charge in [-0.1, -0.05) is 66.9 Å². The smallest absolute Gasteiger partial charge is 0.214 e. The number of hydrogen-bond acceptors (Lipinski definition) is 3. The van der Waals surface area contributed by atoms with Crippen LogP contribution in [0.1, 0.15) is 65.8 Å². The summed E-state index contributed by atoms with van der Waals surface area (Å²) in [5.74, 6) is 1.03. The lowest BCUT2D eigenvalue weighted by Gasteiger charge is -2.32. The van der Waals surface area contributed by atoms with Crippen molar-refractivity contribution in [3.63, 3.8) is 0 Å². The number of nitrogens with one attached hydrogen (secondary N) is 1. The monoisotopic (exact) mass is 374 g/mol. The van der Waals surface area contributed by atoms with E-state index in [-0.39, 0.29) is 6.04 Å². The normalized spacial score (nSPS) is 20.8. The molecule has 1 unspecified atom stereocenters. The van der Waals surface area contributed by atoms with Crippen molar-refractivity contribution in [1.29, 1.82) is 0 Å². The van der Waals surface area contributed by atoms with Crippen LogP contribution < -0.4 is 4.90 Å². The van der Waals surface area contributed by atoms with Crippen molar-refractivity contribution in [3.8, 4) is 0 Å². The van der Waals surface area contributed by atoms with Gasteiger partial charge in [-0.15, -0.1) is 5.10 Å². The first kappa shape index (κ1) is 17.6. The highest BCUT2D eigenvalue weighted by Crippen LogP contribution is 2.31. The lowest BCUT2D eigenvalue weighted by atomic mass is 9.95. The second kappa shape index (κ2) is 7.47. The van der Waals surface area contributed by atoms with E-state index in [0.29, 0.717) is 6.04 Å². The Balaban J connectivity index is 1.55. The summed E-state index contributed by atoms with van der Waals surface area (Å²) in [5, 5.41) is 13.1. The molecule has 1 aromatic heterocycles. The van der Waals surface area contributed by atoms with Crippen molar-refractivity contribution in [2.24, 2.45) is 0 Å². The molecule has 1 aliphatic carbocycles. The van der Waals surface area contributed by atoms with Gasteiger partial charge in [0.1, 0.15) is 6.54 Å². The fourth-order valence-electron chi connectivity index (χ4n) is 4.97. The average molecular weight is 375 g/mol. The third-order valence-corrected chi connectivity index (χ3v) is 6.52. The SMILES string of the molecule is Cc1ccc([C@H](c2nnnn2C2CCCC2)[NH+]2CCc3ccccc3C2)cc1. The molecule has 2 aromatic carbocycles. The van der Waals surface area contributed by atoms with Crippen LogP contribution in [0, 0.1) is 6.92 Å². The molecule has 5 rings (SSSR count). The maximum atomic E-state index is 4.57. The molecule has 0 bridgehead atoms. The Bertz CT molecular complexity index is 940. The van der Waals surface area contributed by atoms with E-state index >= 15 is 0 Å². The van der Waals surface area contributed by atoms with E-state index in [4.69, 9.17) is 0 Å². The fraction of sp³-hybridized carbons (Fsp3) is 0.435. The summed E-state index contributed by atoms with van der Waals surface area (Å²) in [5.41, 5.74) is 5.55. The Labute approximate surface area is 166 Å². The second-order valence-corrected chi connectivity index (χ2v) is 8.37. The summed E-state index contributed by atoms with van der Waals surface area (Å²) in [6, 6.07) is 18.4. The molecular formula is C23H28N5+. The van der Waals surface area contributed by atoms with Crippen LogP contribution in [0.15, 0.2) is 48.5 Å². The van der Waals surface area contributed by atoms with Crippen LogP contribution in [0.2, 0.25) is 0 Å². The van der Waals surface area contributed by atoms with Gasteiger partial charge in [0.15, 0.2) is 6.04 Å². The average Bonchev–Trinajstić information content (AvgIpc) is 3.41. The molecule has 0 saturated heterocycles. The van der Waals surface area contributed by atoms with Gasteiger partial charge in [-0.25, -0.2) is 4.68 Å². The number of hydrogen-bond donors (Lipinski definition) is 1. The van der Waals surface area contributed by atoms with E-state index in [9.17, 15) is 0 Å². The quantitative estimate of drug-likeness (QED) is 0.764. The maximum Gasteiger partial charge on any atom is 0.214 e. The zero-order valence-corrected chi connectivity index (χ0v) is 16.5. The molecule has 5 heteroatoms. The molecule has 2 aliphatic rings. The minimum absolute atomic E-state index is 0.171. The van der Waals surface area contributed by atoms with E-state index in [1.54, 1.807) is 0 Å². The first-order valence-electron chi connectivity index (χ1n) is 10.6. The number of aryl methyl sites for hydroxylation is 1. The summed E-state index contributed by atoms with van der Waals surface area (Å²) in [7, 11) is 0. The van der Waals surface area contributed by atoms with Gasteiger partial charge in [0.2, 0.25) is 5.82 Å². The van der Waals surface area contributed by atoms with Crippen molar-refractivity contribution in [1.82, 2.24) is 20.2 Å². The molecule has 28 heavy (non-hydrogen) atoms. The van der Waals surface area contributed by atoms with Crippen molar-refractivity contribution in [2.75, 3.05) is 6.54 Å². The number of aromatic nitrogens is 4. The van der Waals surface area contributed by atoms with Gasteiger partial charge in [0.05, 0.1) is 12.6 Å². The summed E-state index contributed by atoms with van der Waals surface area (Å²) < 4.78 is 2.14. The van der Waals surface area contributed by atoms with Crippen LogP contribution in [0.4, 0.5) is 0 Å². The van der Waals surface area contributed by atoms with Crippen molar-refractivity contribution >= 4 is 0 Å². The van der Waals surface area contributed by atoms with Gasteiger partial charge < -0.3 is 4.90 Å². The van der Waals surface area contributed by atoms with E-state index < -0.39 is 0 Å². The van der Waals surface area contributed by atoms with Crippen LogP contribution in [0.5, 0.6) is 0 Å². The molecule has 1 aliphatic heterocycles. The van der Waals surface area contributed by atoms with Crippen LogP contribution in [0.3, 0.4) is 0 Å². The molecule has 2 heterocycles. The number of nitrogens with zero attached hydrogens (tertiary/aromatic N) is 4. The third-order valence-electron chi connectivity index (χ3n) is 6.52. The lowest BCUT2D eigenvalue weighted by molar-refractivity contribution is -0.941. The Hall–Kier alpha value is -2.53. The summed E-state index contributed by atoms with van der Waals surface area (Å²) in [4.78, 5) is 1.54. The first-order chi connectivity index (χ1) is 13.8. The number of benzene rings is 2. The summed E-state index contributed by atoms with van der Waals surface area (Å²) in [6.45, 7) is 4.27. The van der Waals surface area contributed by atoms with Crippen LogP contribution in [-0.4, -0.2) is 26.8 Å². The van der Waals surface area contributed by atoms with Crippen LogP contribution in [0.25, 0.3) is 0 Å². The topological polar surface area (TPSA) is 48.0 Å². The van der Waals surface area contributed by atoms with E-state index in [0.717, 1.165) is 25.3 Å². The molecule has 144 valence electrons. The molecule has 3 aromatic rings. The second-order valence-electron chi connectivity index (χ2n) is 8.37. The van der Waals surface area contributed by atoms with Crippen LogP contribution in [-0.2, 0) is 13.0 Å². The van der Waals surface area contributed by atoms with Crippen molar-refractivity contribution in [3.05, 3.63) is 76.6 Å². The maximum absolute atomic E-state index is 4.57. The van der Waals surface area contributed by atoms with E-state index in [1.807, 2.05) is 0 Å². The lowest BCUT2D eigenvalue weighted by Crippen LogP contribution is -3.12. The van der Waals surface area contributed by atoms with Crippen molar-refractivity contribution < 1.29 is 4.90 Å². The van der Waals surface area contributed by atoms with Crippen molar-refractivity contribution in [2.45, 2.75) is 57.7 Å². The molecule has 0 spiro atoms. The van der Waals surface area contributed by atoms with Gasteiger partial charge in [0.25, 0.3) is 0 Å². The van der Waals surface area contributed by atoms with Gasteiger partial charge in [-0.05, 0) is 35.8 Å². The summed E-state index contributed by atoms with van der Waals surface area (Å²) in [6.07, 6.45) is 6.05. The molecule has 5 nitrogen and oxygen atoms in total. The largest absolute Gasteiger partial charge is 0.318 e. The standard InChI is InChI=1S/C23H27N5/c1-17-10-12-19(13-11-17)22(23-24-25-26-28(23)21-8-4-5-9-21)27-15-14-18-6-2-3-7-20(18)16-27/h2-3,6-7,10-13,21-22H,4-5,8-9,14-16H2,1H3/p+1/t22-/m1/s1. The molecule has 0 radical (unpaired) electrons. The number of quaternary nitrogens is 1. The molecule has 2 atom stereocenters. The van der Waals surface area contributed by atoms with Gasteiger partial charge in [-0.3, -0.25) is 0 Å². The van der Waals surface area contributed by atoms with E-state index in [2.05, 4.69) is 75.7 Å². The minimum atomic E-state index is 0.171. The van der Waals surface area contributed by atoms with Crippen LogP contribution >= 0.6 is 0 Å². The fourth-order valence-corrected chi connectivity index (χ4v) is 4.97. The molecular weight excluding hydrogens is 346 g/mol. The van der Waals surface area contributed by atoms with Gasteiger partial charge >= 0.3 is 0 Å². The third kappa shape index (κ3) is 3.24.